The first-order valence-electron chi connectivity index (χ1n) is 9.63. The Labute approximate surface area is 175 Å². The van der Waals surface area contributed by atoms with E-state index in [1.165, 1.54) is 12.0 Å². The van der Waals surface area contributed by atoms with Crippen LogP contribution in [0.5, 0.6) is 0 Å². The van der Waals surface area contributed by atoms with Crippen molar-refractivity contribution in [3.63, 3.8) is 0 Å². The van der Waals surface area contributed by atoms with Gasteiger partial charge in [0.2, 0.25) is 0 Å². The molecule has 1 N–H and O–H groups in total. The van der Waals surface area contributed by atoms with Gasteiger partial charge in [0.25, 0.3) is 0 Å². The number of benzene rings is 2. The van der Waals surface area contributed by atoms with Crippen LogP contribution in [0.1, 0.15) is 44.4 Å². The van der Waals surface area contributed by atoms with Gasteiger partial charge in [-0.2, -0.15) is 0 Å². The lowest BCUT2D eigenvalue weighted by Crippen LogP contribution is -2.50. The van der Waals surface area contributed by atoms with E-state index in [-0.39, 0.29) is 0 Å². The summed E-state index contributed by atoms with van der Waals surface area (Å²) in [6, 6.07) is 13.0. The number of fused-ring (bicyclic) bond motifs is 3. The summed E-state index contributed by atoms with van der Waals surface area (Å²) in [6.07, 6.45) is -1.41. The number of hydrogen-bond donors (Lipinski definition) is 1. The average Bonchev–Trinajstić information content (AvgIpc) is 3.00. The predicted octanol–water partition coefficient (Wildman–Crippen LogP) is 4.01. The molecule has 7 nitrogen and oxygen atoms in total. The van der Waals surface area contributed by atoms with Crippen molar-refractivity contribution in [3.8, 4) is 11.1 Å². The number of hydrogen-bond acceptors (Lipinski definition) is 5. The average molecular weight is 411 g/mol. The Hall–Kier alpha value is -3.35. The molecule has 1 amide bonds. The van der Waals surface area contributed by atoms with E-state index in [9.17, 15) is 19.5 Å². The summed E-state index contributed by atoms with van der Waals surface area (Å²) in [5.74, 6) is -2.02. The van der Waals surface area contributed by atoms with E-state index in [0.717, 1.165) is 22.3 Å². The molecule has 0 saturated heterocycles. The Morgan fingerprint density at radius 2 is 1.50 bits per heavy atom. The van der Waals surface area contributed by atoms with Crippen LogP contribution in [0.3, 0.4) is 0 Å². The second kappa shape index (κ2) is 8.18. The smallest absolute Gasteiger partial charge is 0.411 e. The molecule has 1 atom stereocenters. The monoisotopic (exact) mass is 411 g/mol. The van der Waals surface area contributed by atoms with Crippen LogP contribution in [0.15, 0.2) is 48.5 Å². The lowest BCUT2D eigenvalue weighted by Gasteiger charge is -2.35. The predicted molar refractivity (Wildman–Crippen MR) is 110 cm³/mol. The summed E-state index contributed by atoms with van der Waals surface area (Å²) >= 11 is 0. The molecule has 0 heterocycles. The Balaban J connectivity index is 2.16. The van der Waals surface area contributed by atoms with Crippen molar-refractivity contribution in [1.82, 2.24) is 4.90 Å². The molecule has 158 valence electrons. The number of carbonyl (C=O) groups is 3. The van der Waals surface area contributed by atoms with Gasteiger partial charge in [0.05, 0.1) is 19.6 Å². The van der Waals surface area contributed by atoms with Gasteiger partial charge < -0.3 is 14.6 Å². The molecule has 0 aliphatic heterocycles. The highest BCUT2D eigenvalue weighted by atomic mass is 16.6. The van der Waals surface area contributed by atoms with E-state index in [4.69, 9.17) is 9.47 Å². The third-order valence-corrected chi connectivity index (χ3v) is 4.85. The highest BCUT2D eigenvalue weighted by Crippen LogP contribution is 2.47. The topological polar surface area (TPSA) is 93.1 Å². The molecule has 1 unspecified atom stereocenters. The van der Waals surface area contributed by atoms with Gasteiger partial charge in [-0.25, -0.2) is 9.59 Å². The van der Waals surface area contributed by atoms with Crippen LogP contribution in [-0.4, -0.2) is 46.8 Å². The molecule has 0 aromatic heterocycles. The molecular weight excluding hydrogens is 386 g/mol. The zero-order chi connectivity index (χ0) is 22.1. The Kier molecular flexibility index (Phi) is 5.82. The minimum absolute atomic E-state index is 0.606. The molecule has 0 radical (unpaired) electrons. The number of esters is 1. The largest absolute Gasteiger partial charge is 0.481 e. The first-order chi connectivity index (χ1) is 14.1. The molecular formula is C23H25NO6. The number of carboxylic acid groups (broad SMARTS) is 1. The first kappa shape index (κ1) is 21.4. The van der Waals surface area contributed by atoms with Crippen LogP contribution in [0, 0.1) is 0 Å². The highest BCUT2D eigenvalue weighted by Gasteiger charge is 2.44. The number of nitrogens with zero attached hydrogens (tertiary/aromatic N) is 1. The maximum Gasteiger partial charge on any atom is 0.411 e. The lowest BCUT2D eigenvalue weighted by atomic mass is 10.0. The number of carboxylic acids is 1. The summed E-state index contributed by atoms with van der Waals surface area (Å²) in [6.45, 7) is 5.06. The van der Waals surface area contributed by atoms with E-state index >= 15 is 0 Å². The van der Waals surface area contributed by atoms with Crippen molar-refractivity contribution in [1.29, 1.82) is 0 Å². The molecule has 0 bridgehead atoms. The minimum atomic E-state index is -1.36. The standard InChI is InChI=1S/C23H25NO6/c1-23(2,3)30-21(27)18(13-19(25)26)24(22(28)29-4)20-16-11-7-5-9-14(16)15-10-6-8-12-17(15)20/h5-12,18,20H,13H2,1-4H3,(H,25,26). The van der Waals surface area contributed by atoms with Crippen molar-refractivity contribution in [3.05, 3.63) is 59.7 Å². The van der Waals surface area contributed by atoms with E-state index in [1.807, 2.05) is 48.5 Å². The highest BCUT2D eigenvalue weighted by molar-refractivity contribution is 5.88. The number of methoxy groups -OCH3 is 1. The molecule has 7 heteroatoms. The molecule has 0 spiro atoms. The van der Waals surface area contributed by atoms with Gasteiger partial charge >= 0.3 is 18.0 Å². The van der Waals surface area contributed by atoms with E-state index < -0.39 is 42.1 Å². The maximum absolute atomic E-state index is 13.0. The van der Waals surface area contributed by atoms with E-state index in [1.54, 1.807) is 20.8 Å². The van der Waals surface area contributed by atoms with Crippen LogP contribution >= 0.6 is 0 Å². The second-order valence-corrected chi connectivity index (χ2v) is 8.10. The minimum Gasteiger partial charge on any atom is -0.481 e. The Morgan fingerprint density at radius 3 is 1.93 bits per heavy atom. The molecule has 0 saturated carbocycles. The number of rotatable bonds is 5. The quantitative estimate of drug-likeness (QED) is 0.748. The van der Waals surface area contributed by atoms with Gasteiger partial charge in [0.1, 0.15) is 11.6 Å². The zero-order valence-electron chi connectivity index (χ0n) is 17.4. The van der Waals surface area contributed by atoms with E-state index in [2.05, 4.69) is 0 Å². The molecule has 2 aromatic carbocycles. The second-order valence-electron chi connectivity index (χ2n) is 8.10. The van der Waals surface area contributed by atoms with Crippen LogP contribution in [0.25, 0.3) is 11.1 Å². The first-order valence-corrected chi connectivity index (χ1v) is 9.63. The number of amides is 1. The molecule has 0 fully saturated rings. The van der Waals surface area contributed by atoms with Crippen molar-refractivity contribution < 1.29 is 29.0 Å². The molecule has 1 aliphatic carbocycles. The molecule has 1 aliphatic rings. The lowest BCUT2D eigenvalue weighted by molar-refractivity contribution is -0.164. The zero-order valence-corrected chi connectivity index (χ0v) is 17.4. The Bertz CT molecular complexity index is 932. The van der Waals surface area contributed by atoms with Crippen LogP contribution in [0.4, 0.5) is 4.79 Å². The molecule has 30 heavy (non-hydrogen) atoms. The summed E-state index contributed by atoms with van der Waals surface area (Å²) < 4.78 is 10.4. The van der Waals surface area contributed by atoms with Crippen molar-refractivity contribution in [2.24, 2.45) is 0 Å². The number of aliphatic carboxylic acids is 1. The van der Waals surface area contributed by atoms with Crippen molar-refractivity contribution in [2.45, 2.75) is 44.9 Å². The summed E-state index contributed by atoms with van der Waals surface area (Å²) in [5, 5.41) is 9.48. The van der Waals surface area contributed by atoms with Crippen LogP contribution < -0.4 is 0 Å². The van der Waals surface area contributed by atoms with Crippen molar-refractivity contribution >= 4 is 18.0 Å². The maximum atomic E-state index is 13.0. The van der Waals surface area contributed by atoms with Gasteiger partial charge in [-0.15, -0.1) is 0 Å². The fraction of sp³-hybridized carbons (Fsp3) is 0.348. The molecule has 3 rings (SSSR count). The summed E-state index contributed by atoms with van der Waals surface area (Å²) in [4.78, 5) is 38.7. The van der Waals surface area contributed by atoms with Gasteiger partial charge in [0, 0.05) is 0 Å². The van der Waals surface area contributed by atoms with Crippen LogP contribution in [0.2, 0.25) is 0 Å². The third kappa shape index (κ3) is 4.15. The number of ether oxygens (including phenoxy) is 2. The van der Waals surface area contributed by atoms with Gasteiger partial charge in [-0.3, -0.25) is 9.69 Å². The SMILES string of the molecule is COC(=O)N(C(CC(=O)O)C(=O)OC(C)(C)C)C1c2ccccc2-c2ccccc21. The third-order valence-electron chi connectivity index (χ3n) is 4.85. The molecule has 2 aromatic rings. The van der Waals surface area contributed by atoms with Gasteiger partial charge in [-0.1, -0.05) is 48.5 Å². The normalized spacial score (nSPS) is 13.7. The summed E-state index contributed by atoms with van der Waals surface area (Å²) in [5.41, 5.74) is 2.59. The van der Waals surface area contributed by atoms with Crippen LogP contribution in [-0.2, 0) is 19.1 Å². The number of carbonyl (C=O) groups excluding carboxylic acids is 2. The fourth-order valence-electron chi connectivity index (χ4n) is 3.78. The summed E-state index contributed by atoms with van der Waals surface area (Å²) in [7, 11) is 1.20. The van der Waals surface area contributed by atoms with Gasteiger partial charge in [-0.05, 0) is 43.0 Å². The fourth-order valence-corrected chi connectivity index (χ4v) is 3.78. The van der Waals surface area contributed by atoms with Gasteiger partial charge in [0.15, 0.2) is 0 Å². The van der Waals surface area contributed by atoms with E-state index in [0.29, 0.717) is 0 Å². The van der Waals surface area contributed by atoms with Crippen molar-refractivity contribution in [2.75, 3.05) is 7.11 Å². The Morgan fingerprint density at radius 1 is 1.00 bits per heavy atom.